The lowest BCUT2D eigenvalue weighted by Crippen LogP contribution is -2.56. The molecular weight excluding hydrogens is 723 g/mol. The van der Waals surface area contributed by atoms with Gasteiger partial charge in [0.25, 0.3) is 0 Å². The summed E-state index contributed by atoms with van der Waals surface area (Å²) in [7, 11) is 0. The molecule has 0 amide bonds. The van der Waals surface area contributed by atoms with E-state index in [0.717, 1.165) is 32.1 Å². The molecule has 0 bridgehead atoms. The molecule has 314 valence electrons. The molecule has 1 aromatic rings. The fourth-order valence-corrected chi connectivity index (χ4v) is 12.3. The van der Waals surface area contributed by atoms with Gasteiger partial charge in [0.15, 0.2) is 0 Å². The number of benzene rings is 1. The van der Waals surface area contributed by atoms with E-state index < -0.39 is 0 Å². The summed E-state index contributed by atoms with van der Waals surface area (Å²) in [6.07, 6.45) is 40.8. The minimum absolute atomic E-state index is 0.000309. The summed E-state index contributed by atoms with van der Waals surface area (Å²) >= 11 is 0. The maximum atomic E-state index is 2.91. The van der Waals surface area contributed by atoms with Gasteiger partial charge < -0.3 is 9.80 Å². The Kier molecular flexibility index (Phi) is 10.4. The zero-order valence-electron chi connectivity index (χ0n) is 39.0. The highest BCUT2D eigenvalue weighted by Gasteiger charge is 2.53. The van der Waals surface area contributed by atoms with Crippen LogP contribution in [0.2, 0.25) is 0 Å². The fourth-order valence-electron chi connectivity index (χ4n) is 12.3. The first-order valence-corrected chi connectivity index (χ1v) is 23.8. The van der Waals surface area contributed by atoms with Crippen LogP contribution in [0, 0.1) is 34.0 Å². The van der Waals surface area contributed by atoms with E-state index in [1.807, 2.05) is 0 Å². The maximum Gasteiger partial charge on any atom is 0.242 e. The van der Waals surface area contributed by atoms with Crippen molar-refractivity contribution in [2.75, 3.05) is 0 Å². The first-order chi connectivity index (χ1) is 28.4. The fraction of sp³-hybridized carbons (Fsp3) is 0.509. The molecule has 0 N–H and O–H groups in total. The highest BCUT2D eigenvalue weighted by Crippen LogP contribution is 2.56. The van der Waals surface area contributed by atoms with Crippen LogP contribution >= 0.6 is 0 Å². The quantitative estimate of drug-likeness (QED) is 0.209. The van der Waals surface area contributed by atoms with Crippen LogP contribution in [0.15, 0.2) is 159 Å². The van der Waals surface area contributed by atoms with E-state index in [4.69, 9.17) is 0 Å². The molecule has 0 radical (unpaired) electrons. The van der Waals surface area contributed by atoms with Gasteiger partial charge in [-0.3, -0.25) is 0 Å². The highest BCUT2D eigenvalue weighted by molar-refractivity contribution is 6.82. The van der Waals surface area contributed by atoms with E-state index in [1.165, 1.54) is 59.6 Å². The summed E-state index contributed by atoms with van der Waals surface area (Å²) in [5.74, 6) is 1.45. The van der Waals surface area contributed by atoms with E-state index in [9.17, 15) is 0 Å². The van der Waals surface area contributed by atoms with Crippen LogP contribution in [0.3, 0.4) is 0 Å². The second-order valence-electron chi connectivity index (χ2n) is 22.9. The van der Waals surface area contributed by atoms with Crippen molar-refractivity contribution in [3.8, 4) is 0 Å². The third-order valence-electron chi connectivity index (χ3n) is 16.5. The lowest BCUT2D eigenvalue weighted by molar-refractivity contribution is 0.260. The van der Waals surface area contributed by atoms with Gasteiger partial charge in [-0.2, -0.15) is 0 Å². The van der Waals surface area contributed by atoms with Crippen LogP contribution in [0.5, 0.6) is 0 Å². The molecule has 2 nitrogen and oxygen atoms in total. The smallest absolute Gasteiger partial charge is 0.242 e. The van der Waals surface area contributed by atoms with Crippen LogP contribution in [-0.2, 0) is 5.41 Å². The first kappa shape index (κ1) is 41.4. The van der Waals surface area contributed by atoms with E-state index >= 15 is 0 Å². The molecule has 0 spiro atoms. The molecule has 8 aliphatic rings. The van der Waals surface area contributed by atoms with Gasteiger partial charge in [0.1, 0.15) is 0 Å². The number of nitrogens with zero attached hydrogens (tertiary/aromatic N) is 2. The molecule has 9 rings (SSSR count). The molecule has 0 fully saturated rings. The maximum absolute atomic E-state index is 2.91. The Morgan fingerprint density at radius 1 is 0.700 bits per heavy atom. The van der Waals surface area contributed by atoms with Crippen molar-refractivity contribution >= 4 is 6.71 Å². The monoisotopic (exact) mass is 797 g/mol. The largest absolute Gasteiger partial charge is 0.339 e. The Balaban J connectivity index is 1.20. The van der Waals surface area contributed by atoms with E-state index in [-0.39, 0.29) is 21.7 Å². The van der Waals surface area contributed by atoms with Crippen LogP contribution in [0.1, 0.15) is 140 Å². The summed E-state index contributed by atoms with van der Waals surface area (Å²) in [6.45, 7) is 27.2. The van der Waals surface area contributed by atoms with Gasteiger partial charge in [0.2, 0.25) is 6.71 Å². The lowest BCUT2D eigenvalue weighted by Gasteiger charge is -2.56. The zero-order chi connectivity index (χ0) is 42.4. The molecule has 0 saturated carbocycles. The van der Waals surface area contributed by atoms with Crippen molar-refractivity contribution in [2.45, 2.75) is 151 Å². The molecule has 60 heavy (non-hydrogen) atoms. The number of allylic oxidation sites excluding steroid dienone is 15. The molecular formula is C57H73BN2. The normalized spacial score (nSPS) is 28.3. The molecule has 0 aromatic heterocycles. The van der Waals surface area contributed by atoms with E-state index in [1.54, 1.807) is 27.6 Å². The van der Waals surface area contributed by atoms with Gasteiger partial charge in [-0.15, -0.1) is 0 Å². The minimum Gasteiger partial charge on any atom is -0.339 e. The molecule has 0 saturated heterocycles. The zero-order valence-corrected chi connectivity index (χ0v) is 39.0. The second kappa shape index (κ2) is 15.1. The molecule has 2 aliphatic heterocycles. The number of hydrogen-bond acceptors (Lipinski definition) is 2. The standard InChI is InChI=1S/C57H73BN2/c1-38-34-51-53-52(35-38)60(46-30-24-42(25-31-46)56(8,9)40-18-14-12-15-19-40)49-32-26-43(55(5,6)7)36-47(49)58(53)48-37-44(57(10,11)41-20-16-13-17-21-41)27-33-50(48)59(51)45-28-22-39(23-29-45)54(2,3)4/h12-14,16-18,20-22,24,27-29,32-33,35-36,39,43-44,46,51H,15,19,23,25-26,30-31,34,37H2,1-11H3. The minimum atomic E-state index is 0.000309. The number of hydrogen-bond donors (Lipinski definition) is 0. The summed E-state index contributed by atoms with van der Waals surface area (Å²) in [4.78, 5) is 5.74. The SMILES string of the molecule is CC1=CC2=C3B(C4=CC(C(C)(C)C)CC=C4N2C2CC=C(C(C)(C)C4=CC=CCC4)CC2)C2=C(C=CC(C(C)(C)c4ccccc4)C2)N(C2=CCC(C(C)(C)C)C=C2)C3C1. The molecule has 2 heterocycles. The molecule has 3 heteroatoms. The summed E-state index contributed by atoms with van der Waals surface area (Å²) in [6, 6.07) is 12.1. The van der Waals surface area contributed by atoms with Crippen molar-refractivity contribution in [2.24, 2.45) is 34.0 Å². The average Bonchev–Trinajstić information content (AvgIpc) is 3.23. The second-order valence-corrected chi connectivity index (χ2v) is 22.9. The van der Waals surface area contributed by atoms with Crippen LogP contribution < -0.4 is 0 Å². The number of fused-ring (bicyclic) bond motifs is 3. The topological polar surface area (TPSA) is 6.48 Å². The van der Waals surface area contributed by atoms with E-state index in [2.05, 4.69) is 189 Å². The summed E-state index contributed by atoms with van der Waals surface area (Å²) in [5.41, 5.74) is 17.6. The Labute approximate surface area is 365 Å². The van der Waals surface area contributed by atoms with Crippen molar-refractivity contribution in [1.29, 1.82) is 0 Å². The Hall–Kier alpha value is -3.98. The Bertz CT molecular complexity index is 2260. The van der Waals surface area contributed by atoms with Gasteiger partial charge in [0, 0.05) is 34.2 Å². The predicted octanol–water partition coefficient (Wildman–Crippen LogP) is 14.7. The predicted molar refractivity (Wildman–Crippen MR) is 257 cm³/mol. The third kappa shape index (κ3) is 7.12. The van der Waals surface area contributed by atoms with E-state index in [0.29, 0.717) is 36.6 Å². The average molecular weight is 797 g/mol. The van der Waals surface area contributed by atoms with Gasteiger partial charge in [0.05, 0.1) is 6.04 Å². The van der Waals surface area contributed by atoms with Crippen molar-refractivity contribution in [3.63, 3.8) is 0 Å². The molecule has 1 aromatic carbocycles. The van der Waals surface area contributed by atoms with Crippen molar-refractivity contribution < 1.29 is 0 Å². The van der Waals surface area contributed by atoms with Gasteiger partial charge in [-0.25, -0.2) is 0 Å². The lowest BCUT2D eigenvalue weighted by atomic mass is 9.28. The summed E-state index contributed by atoms with van der Waals surface area (Å²) in [5, 5.41) is 0. The van der Waals surface area contributed by atoms with Crippen molar-refractivity contribution in [3.05, 3.63) is 165 Å². The van der Waals surface area contributed by atoms with Gasteiger partial charge in [-0.1, -0.05) is 176 Å². The molecule has 5 unspecified atom stereocenters. The van der Waals surface area contributed by atoms with Crippen LogP contribution in [0.25, 0.3) is 0 Å². The van der Waals surface area contributed by atoms with Gasteiger partial charge >= 0.3 is 0 Å². The van der Waals surface area contributed by atoms with Crippen molar-refractivity contribution in [1.82, 2.24) is 9.80 Å². The Morgan fingerprint density at radius 2 is 1.43 bits per heavy atom. The summed E-state index contributed by atoms with van der Waals surface area (Å²) < 4.78 is 0. The van der Waals surface area contributed by atoms with Gasteiger partial charge in [-0.05, 0) is 133 Å². The van der Waals surface area contributed by atoms with Crippen LogP contribution in [-0.4, -0.2) is 28.6 Å². The first-order valence-electron chi connectivity index (χ1n) is 23.8. The third-order valence-corrected chi connectivity index (χ3v) is 16.5. The number of rotatable bonds is 6. The Morgan fingerprint density at radius 3 is 2.08 bits per heavy atom. The molecule has 6 aliphatic carbocycles. The van der Waals surface area contributed by atoms with Crippen LogP contribution in [0.4, 0.5) is 0 Å². The highest BCUT2D eigenvalue weighted by atomic mass is 15.2. The molecule has 5 atom stereocenters.